The molecule has 0 saturated carbocycles. The van der Waals surface area contributed by atoms with Gasteiger partial charge < -0.3 is 24.5 Å². The molecule has 3 rings (SSSR count). The molecule has 244 valence electrons. The molecule has 0 aromatic rings. The Morgan fingerprint density at radius 2 is 1.72 bits per heavy atom. The van der Waals surface area contributed by atoms with E-state index in [1.54, 1.807) is 22.0 Å². The molecular formula is C35H59N3O5. The van der Waals surface area contributed by atoms with Crippen LogP contribution in [0.25, 0.3) is 0 Å². The van der Waals surface area contributed by atoms with E-state index < -0.39 is 40.7 Å². The van der Waals surface area contributed by atoms with Crippen LogP contribution in [0.5, 0.6) is 0 Å². The van der Waals surface area contributed by atoms with E-state index in [2.05, 4.69) is 47.8 Å². The highest BCUT2D eigenvalue weighted by molar-refractivity contribution is 5.99. The predicted octanol–water partition coefficient (Wildman–Crippen LogP) is 5.20. The van der Waals surface area contributed by atoms with Crippen molar-refractivity contribution >= 4 is 17.7 Å². The number of nitrogens with zero attached hydrogens (tertiary/aromatic N) is 3. The molecule has 3 saturated heterocycles. The molecule has 43 heavy (non-hydrogen) atoms. The minimum atomic E-state index is -1.14. The highest BCUT2D eigenvalue weighted by Gasteiger charge is 2.79. The first kappa shape index (κ1) is 35.3. The summed E-state index contributed by atoms with van der Waals surface area (Å²) in [4.78, 5) is 49.5. The summed E-state index contributed by atoms with van der Waals surface area (Å²) >= 11 is 0. The van der Waals surface area contributed by atoms with Crippen molar-refractivity contribution in [2.75, 3.05) is 26.2 Å². The molecule has 0 aromatic carbocycles. The molecule has 2 unspecified atom stereocenters. The van der Waals surface area contributed by atoms with Crippen LogP contribution in [0.4, 0.5) is 0 Å². The standard InChI is InChI=1S/C35H59N3O5/c1-12-18-36(19-13-2)29(40)26-27-30(41)38(25(22-39)21-24(5)6)28(35(27)17-16-34(26,15-4)43-35)31(42)37(20-14-3)33(10,11)23-32(7,8)9/h12,14,24-28,39H,1,3,13,15-23H2,2,4-11H3/t25-,26-,27+,28?,34+,35?/m1/s1. The lowest BCUT2D eigenvalue weighted by Gasteiger charge is -2.46. The first-order chi connectivity index (χ1) is 20.0. The number of ether oxygens (including phenoxy) is 1. The SMILES string of the molecule is C=CCN(CCC)C(=O)[C@H]1[C@H]2C(=O)N([C@@H](CO)CC(C)C)C(C(=O)N(CC=C)C(C)(C)CC(C)(C)C)C23CC[C@]1(CC)O3. The average molecular weight is 602 g/mol. The van der Waals surface area contributed by atoms with E-state index in [9.17, 15) is 14.7 Å². The third-order valence-electron chi connectivity index (χ3n) is 9.89. The maximum absolute atomic E-state index is 15.1. The second-order valence-electron chi connectivity index (χ2n) is 15.4. The first-order valence-corrected chi connectivity index (χ1v) is 16.5. The van der Waals surface area contributed by atoms with Gasteiger partial charge in [0.2, 0.25) is 17.7 Å². The van der Waals surface area contributed by atoms with E-state index in [1.165, 1.54) is 0 Å². The van der Waals surface area contributed by atoms with Gasteiger partial charge in [0.15, 0.2) is 0 Å². The molecule has 1 N–H and O–H groups in total. The minimum Gasteiger partial charge on any atom is -0.394 e. The van der Waals surface area contributed by atoms with Gasteiger partial charge >= 0.3 is 0 Å². The van der Waals surface area contributed by atoms with E-state index in [0.717, 1.165) is 12.8 Å². The Bertz CT molecular complexity index is 1060. The molecule has 3 fully saturated rings. The molecule has 0 aromatic heterocycles. The van der Waals surface area contributed by atoms with Crippen LogP contribution in [0.1, 0.15) is 101 Å². The molecule has 8 heteroatoms. The minimum absolute atomic E-state index is 0.0551. The first-order valence-electron chi connectivity index (χ1n) is 16.5. The molecular weight excluding hydrogens is 542 g/mol. The lowest BCUT2D eigenvalue weighted by molar-refractivity contribution is -0.161. The van der Waals surface area contributed by atoms with Crippen molar-refractivity contribution in [3.05, 3.63) is 25.3 Å². The monoisotopic (exact) mass is 601 g/mol. The zero-order valence-corrected chi connectivity index (χ0v) is 28.4. The van der Waals surface area contributed by atoms with Crippen LogP contribution in [0.2, 0.25) is 0 Å². The van der Waals surface area contributed by atoms with E-state index in [-0.39, 0.29) is 35.7 Å². The van der Waals surface area contributed by atoms with Crippen LogP contribution < -0.4 is 0 Å². The molecule has 8 nitrogen and oxygen atoms in total. The number of carbonyl (C=O) groups excluding carboxylic acids is 3. The van der Waals surface area contributed by atoms with Crippen LogP contribution in [0.3, 0.4) is 0 Å². The predicted molar refractivity (Wildman–Crippen MR) is 171 cm³/mol. The molecule has 3 aliphatic heterocycles. The van der Waals surface area contributed by atoms with Gasteiger partial charge in [-0.25, -0.2) is 0 Å². The Balaban J connectivity index is 2.23. The molecule has 3 heterocycles. The smallest absolute Gasteiger partial charge is 0.249 e. The van der Waals surface area contributed by atoms with Crippen molar-refractivity contribution < 1.29 is 24.2 Å². The van der Waals surface area contributed by atoms with E-state index in [1.807, 2.05) is 32.6 Å². The second-order valence-corrected chi connectivity index (χ2v) is 15.4. The highest BCUT2D eigenvalue weighted by Crippen LogP contribution is 2.65. The summed E-state index contributed by atoms with van der Waals surface area (Å²) in [5.74, 6) is -1.83. The number of aliphatic hydroxyl groups excluding tert-OH is 1. The normalized spacial score (nSPS) is 29.1. The van der Waals surface area contributed by atoms with Crippen molar-refractivity contribution in [3.8, 4) is 0 Å². The lowest BCUT2D eigenvalue weighted by atomic mass is 9.64. The summed E-state index contributed by atoms with van der Waals surface area (Å²) < 4.78 is 7.05. The molecule has 3 amide bonds. The summed E-state index contributed by atoms with van der Waals surface area (Å²) in [6.07, 6.45) is 7.22. The number of carbonyl (C=O) groups is 3. The van der Waals surface area contributed by atoms with Crippen LogP contribution in [0, 0.1) is 23.2 Å². The van der Waals surface area contributed by atoms with E-state index in [0.29, 0.717) is 45.3 Å². The molecule has 1 spiro atoms. The summed E-state index contributed by atoms with van der Waals surface area (Å²) in [7, 11) is 0. The van der Waals surface area contributed by atoms with Crippen molar-refractivity contribution in [2.24, 2.45) is 23.2 Å². The number of likely N-dealkylation sites (tertiary alicyclic amines) is 1. The fourth-order valence-electron chi connectivity index (χ4n) is 8.74. The lowest BCUT2D eigenvalue weighted by Crippen LogP contribution is -2.62. The summed E-state index contributed by atoms with van der Waals surface area (Å²) in [6, 6.07) is -1.50. The topological polar surface area (TPSA) is 90.4 Å². The third-order valence-corrected chi connectivity index (χ3v) is 9.89. The maximum atomic E-state index is 15.1. The number of fused-ring (bicyclic) bond motifs is 1. The van der Waals surface area contributed by atoms with Gasteiger partial charge in [0.1, 0.15) is 11.6 Å². The van der Waals surface area contributed by atoms with Crippen LogP contribution >= 0.6 is 0 Å². The number of hydrogen-bond donors (Lipinski definition) is 1. The Morgan fingerprint density at radius 1 is 1.09 bits per heavy atom. The van der Waals surface area contributed by atoms with Gasteiger partial charge in [0.25, 0.3) is 0 Å². The molecule has 6 atom stereocenters. The summed E-state index contributed by atoms with van der Waals surface area (Å²) in [5, 5.41) is 10.7. The van der Waals surface area contributed by atoms with E-state index >= 15 is 4.79 Å². The Labute approximate surface area is 260 Å². The second kappa shape index (κ2) is 13.0. The fourth-order valence-corrected chi connectivity index (χ4v) is 8.74. The van der Waals surface area contributed by atoms with Crippen molar-refractivity contribution in [2.45, 2.75) is 130 Å². The van der Waals surface area contributed by atoms with Gasteiger partial charge in [-0.15, -0.1) is 13.2 Å². The zero-order valence-electron chi connectivity index (χ0n) is 28.4. The van der Waals surface area contributed by atoms with Gasteiger partial charge in [-0.1, -0.05) is 60.6 Å². The van der Waals surface area contributed by atoms with Crippen LogP contribution in [-0.2, 0) is 19.1 Å². The largest absolute Gasteiger partial charge is 0.394 e. The number of aliphatic hydroxyl groups is 1. The van der Waals surface area contributed by atoms with Gasteiger partial charge in [-0.2, -0.15) is 0 Å². The number of amides is 3. The van der Waals surface area contributed by atoms with Gasteiger partial charge in [0.05, 0.1) is 30.1 Å². The quantitative estimate of drug-likeness (QED) is 0.261. The van der Waals surface area contributed by atoms with Crippen LogP contribution in [-0.4, -0.2) is 92.6 Å². The molecule has 2 bridgehead atoms. The third kappa shape index (κ3) is 6.33. The van der Waals surface area contributed by atoms with Crippen molar-refractivity contribution in [3.63, 3.8) is 0 Å². The Kier molecular flexibility index (Phi) is 10.7. The van der Waals surface area contributed by atoms with E-state index in [4.69, 9.17) is 4.74 Å². The van der Waals surface area contributed by atoms with Gasteiger partial charge in [-0.05, 0) is 63.7 Å². The summed E-state index contributed by atoms with van der Waals surface area (Å²) in [6.45, 7) is 27.6. The van der Waals surface area contributed by atoms with Gasteiger partial charge in [-0.3, -0.25) is 14.4 Å². The van der Waals surface area contributed by atoms with Crippen molar-refractivity contribution in [1.82, 2.24) is 14.7 Å². The molecule has 3 aliphatic rings. The zero-order chi connectivity index (χ0) is 32.5. The number of rotatable bonds is 15. The van der Waals surface area contributed by atoms with Gasteiger partial charge in [0, 0.05) is 25.2 Å². The Morgan fingerprint density at radius 3 is 2.21 bits per heavy atom. The average Bonchev–Trinajstić information content (AvgIpc) is 3.51. The Hall–Kier alpha value is -2.19. The maximum Gasteiger partial charge on any atom is 0.249 e. The molecule has 0 aliphatic carbocycles. The number of hydrogen-bond acceptors (Lipinski definition) is 5. The molecule has 0 radical (unpaired) electrons. The summed E-state index contributed by atoms with van der Waals surface area (Å²) in [5.41, 5.74) is -2.55. The van der Waals surface area contributed by atoms with Crippen LogP contribution in [0.15, 0.2) is 25.3 Å². The highest BCUT2D eigenvalue weighted by atomic mass is 16.5. The van der Waals surface area contributed by atoms with Crippen molar-refractivity contribution in [1.29, 1.82) is 0 Å². The fraction of sp³-hybridized carbons (Fsp3) is 0.800.